The van der Waals surface area contributed by atoms with E-state index in [1.54, 1.807) is 30.7 Å². The number of imidazole rings is 1. The monoisotopic (exact) mass is 313 g/mol. The van der Waals surface area contributed by atoms with Gasteiger partial charge in [-0.1, -0.05) is 17.1 Å². The zero-order valence-corrected chi connectivity index (χ0v) is 12.8. The minimum atomic E-state index is -0.521. The minimum absolute atomic E-state index is 0.282. The van der Waals surface area contributed by atoms with Gasteiger partial charge in [-0.25, -0.2) is 9.78 Å². The van der Waals surface area contributed by atoms with E-state index in [1.165, 1.54) is 4.57 Å². The van der Waals surface area contributed by atoms with Gasteiger partial charge < -0.3 is 4.57 Å². The molecule has 0 aliphatic heterocycles. The van der Waals surface area contributed by atoms with Crippen LogP contribution in [0.15, 0.2) is 20.8 Å². The van der Waals surface area contributed by atoms with Crippen molar-refractivity contribution >= 4 is 17.2 Å². The lowest BCUT2D eigenvalue weighted by molar-refractivity contribution is 0.821. The van der Waals surface area contributed by atoms with Crippen LogP contribution in [-0.4, -0.2) is 25.6 Å². The summed E-state index contributed by atoms with van der Waals surface area (Å²) in [4.78, 5) is 33.1. The van der Waals surface area contributed by atoms with E-state index >= 15 is 0 Å². The maximum absolute atomic E-state index is 12.1. The van der Waals surface area contributed by atoms with Gasteiger partial charge in [-0.05, 0) is 25.0 Å². The SMILES string of the molecule is CC#CCn1c(C=CCCN=[N+]=[N-])nc2c1c(=O)[nH]c(=O)n2C. The number of aromatic nitrogens is 4. The van der Waals surface area contributed by atoms with E-state index in [-0.39, 0.29) is 6.54 Å². The molecule has 0 radical (unpaired) electrons. The molecule has 0 aliphatic carbocycles. The zero-order chi connectivity index (χ0) is 16.8. The lowest BCUT2D eigenvalue weighted by atomic mass is 10.3. The van der Waals surface area contributed by atoms with Crippen molar-refractivity contribution in [2.24, 2.45) is 12.2 Å². The molecule has 0 unspecified atom stereocenters. The van der Waals surface area contributed by atoms with Gasteiger partial charge in [0.05, 0.1) is 6.54 Å². The van der Waals surface area contributed by atoms with Crippen LogP contribution < -0.4 is 11.2 Å². The summed E-state index contributed by atoms with van der Waals surface area (Å²) in [5.41, 5.74) is 7.81. The van der Waals surface area contributed by atoms with Gasteiger partial charge in [-0.15, -0.1) is 5.92 Å². The maximum atomic E-state index is 12.1. The molecular weight excluding hydrogens is 298 g/mol. The number of hydrogen-bond acceptors (Lipinski definition) is 4. The van der Waals surface area contributed by atoms with Gasteiger partial charge in [0, 0.05) is 18.5 Å². The first kappa shape index (κ1) is 16.1. The molecule has 0 saturated heterocycles. The molecule has 0 bridgehead atoms. The van der Waals surface area contributed by atoms with Crippen LogP contribution in [0.4, 0.5) is 0 Å². The highest BCUT2D eigenvalue weighted by molar-refractivity contribution is 5.73. The van der Waals surface area contributed by atoms with Gasteiger partial charge in [0.25, 0.3) is 5.56 Å². The Morgan fingerprint density at radius 1 is 1.48 bits per heavy atom. The van der Waals surface area contributed by atoms with Crippen molar-refractivity contribution in [2.75, 3.05) is 6.54 Å². The Balaban J connectivity index is 2.58. The Labute approximate surface area is 130 Å². The molecular formula is C14H15N7O2. The normalized spacial score (nSPS) is 10.5. The van der Waals surface area contributed by atoms with Gasteiger partial charge in [0.15, 0.2) is 11.2 Å². The molecule has 2 rings (SSSR count). The van der Waals surface area contributed by atoms with E-state index in [9.17, 15) is 9.59 Å². The molecule has 0 amide bonds. The Kier molecular flexibility index (Phi) is 5.02. The average Bonchev–Trinajstić information content (AvgIpc) is 2.89. The first-order valence-electron chi connectivity index (χ1n) is 6.86. The third kappa shape index (κ3) is 3.33. The van der Waals surface area contributed by atoms with Crippen molar-refractivity contribution in [3.05, 3.63) is 43.2 Å². The summed E-state index contributed by atoms with van der Waals surface area (Å²) in [6.45, 7) is 2.32. The lowest BCUT2D eigenvalue weighted by Crippen LogP contribution is -2.29. The fraction of sp³-hybridized carbons (Fsp3) is 0.357. The summed E-state index contributed by atoms with van der Waals surface area (Å²) in [6, 6.07) is 0. The van der Waals surface area contributed by atoms with Crippen LogP contribution in [0.3, 0.4) is 0 Å². The minimum Gasteiger partial charge on any atom is -0.307 e. The molecule has 0 spiro atoms. The van der Waals surface area contributed by atoms with Gasteiger partial charge >= 0.3 is 5.69 Å². The first-order chi connectivity index (χ1) is 11.1. The number of H-pyrrole nitrogens is 1. The number of nitrogens with one attached hydrogen (secondary N) is 1. The number of hydrogen-bond donors (Lipinski definition) is 1. The number of aromatic amines is 1. The van der Waals surface area contributed by atoms with Gasteiger partial charge in [-0.3, -0.25) is 14.3 Å². The zero-order valence-electron chi connectivity index (χ0n) is 12.8. The molecule has 118 valence electrons. The summed E-state index contributed by atoms with van der Waals surface area (Å²) in [5, 5.41) is 3.44. The molecule has 2 aromatic heterocycles. The van der Waals surface area contributed by atoms with Gasteiger partial charge in [0.2, 0.25) is 0 Å². The quantitative estimate of drug-likeness (QED) is 0.293. The van der Waals surface area contributed by atoms with Crippen LogP contribution in [0, 0.1) is 11.8 Å². The molecule has 0 aromatic carbocycles. The van der Waals surface area contributed by atoms with E-state index in [4.69, 9.17) is 5.53 Å². The van der Waals surface area contributed by atoms with E-state index in [2.05, 4.69) is 31.8 Å². The summed E-state index contributed by atoms with van der Waals surface area (Å²) in [7, 11) is 1.54. The van der Waals surface area contributed by atoms with Gasteiger partial charge in [-0.2, -0.15) is 0 Å². The summed E-state index contributed by atoms with van der Waals surface area (Å²) < 4.78 is 2.93. The Morgan fingerprint density at radius 3 is 2.96 bits per heavy atom. The standard InChI is InChI=1S/C14H15N7O2/c1-3-4-9-21-10(7-5-6-8-16-19-15)17-12-11(21)13(22)18-14(23)20(12)2/h5,7H,6,8-9H2,1-2H3,(H,18,22,23). The van der Waals surface area contributed by atoms with Crippen LogP contribution in [0.5, 0.6) is 0 Å². The van der Waals surface area contributed by atoms with Crippen molar-refractivity contribution in [3.8, 4) is 11.8 Å². The highest BCUT2D eigenvalue weighted by Crippen LogP contribution is 2.12. The van der Waals surface area contributed by atoms with E-state index in [0.29, 0.717) is 30.0 Å². The molecule has 1 N–H and O–H groups in total. The third-order valence-corrected chi connectivity index (χ3v) is 3.18. The van der Waals surface area contributed by atoms with Crippen LogP contribution >= 0.6 is 0 Å². The molecule has 2 aromatic rings. The Hall–Kier alpha value is -3.24. The number of nitrogens with zero attached hydrogens (tertiary/aromatic N) is 6. The van der Waals surface area contributed by atoms with E-state index in [0.717, 1.165) is 0 Å². The second-order valence-electron chi connectivity index (χ2n) is 4.62. The van der Waals surface area contributed by atoms with Crippen LogP contribution in [-0.2, 0) is 13.6 Å². The Morgan fingerprint density at radius 2 is 2.26 bits per heavy atom. The molecule has 0 atom stereocenters. The van der Waals surface area contributed by atoms with E-state index < -0.39 is 11.2 Å². The molecule has 9 nitrogen and oxygen atoms in total. The highest BCUT2D eigenvalue weighted by Gasteiger charge is 2.14. The van der Waals surface area contributed by atoms with Crippen molar-refractivity contribution in [3.63, 3.8) is 0 Å². The van der Waals surface area contributed by atoms with Crippen LogP contribution in [0.2, 0.25) is 0 Å². The topological polar surface area (TPSA) is 121 Å². The number of fused-ring (bicyclic) bond motifs is 1. The van der Waals surface area contributed by atoms with Crippen molar-refractivity contribution < 1.29 is 0 Å². The molecule has 2 heterocycles. The lowest BCUT2D eigenvalue weighted by Gasteiger charge is -2.01. The second kappa shape index (κ2) is 7.15. The summed E-state index contributed by atoms with van der Waals surface area (Å²) in [6.07, 6.45) is 4.05. The smallest absolute Gasteiger partial charge is 0.307 e. The maximum Gasteiger partial charge on any atom is 0.329 e. The molecule has 23 heavy (non-hydrogen) atoms. The molecule has 0 aliphatic rings. The first-order valence-corrected chi connectivity index (χ1v) is 6.86. The van der Waals surface area contributed by atoms with Crippen molar-refractivity contribution in [1.29, 1.82) is 0 Å². The molecule has 9 heteroatoms. The van der Waals surface area contributed by atoms with Crippen LogP contribution in [0.25, 0.3) is 27.7 Å². The van der Waals surface area contributed by atoms with E-state index in [1.807, 2.05) is 0 Å². The largest absolute Gasteiger partial charge is 0.329 e. The predicted octanol–water partition coefficient (Wildman–Crippen LogP) is 1.16. The van der Waals surface area contributed by atoms with Crippen LogP contribution in [0.1, 0.15) is 19.2 Å². The summed E-state index contributed by atoms with van der Waals surface area (Å²) in [5.74, 6) is 6.17. The molecule has 0 fully saturated rings. The number of azide groups is 1. The number of rotatable bonds is 5. The van der Waals surface area contributed by atoms with Crippen molar-refractivity contribution in [2.45, 2.75) is 19.9 Å². The predicted molar refractivity (Wildman–Crippen MR) is 86.7 cm³/mol. The molecule has 0 saturated carbocycles. The summed E-state index contributed by atoms with van der Waals surface area (Å²) >= 11 is 0. The second-order valence-corrected chi connectivity index (χ2v) is 4.62. The van der Waals surface area contributed by atoms with Crippen molar-refractivity contribution in [1.82, 2.24) is 19.1 Å². The number of aryl methyl sites for hydroxylation is 1. The van der Waals surface area contributed by atoms with Gasteiger partial charge in [0.1, 0.15) is 5.82 Å². The fourth-order valence-electron chi connectivity index (χ4n) is 2.06. The Bertz CT molecular complexity index is 975. The average molecular weight is 313 g/mol. The third-order valence-electron chi connectivity index (χ3n) is 3.18. The fourth-order valence-corrected chi connectivity index (χ4v) is 2.06. The highest BCUT2D eigenvalue weighted by atomic mass is 16.2.